The predicted octanol–water partition coefficient (Wildman–Crippen LogP) is 2.16. The Hall–Kier alpha value is -3.39. The molecule has 0 atom stereocenters. The fourth-order valence-electron chi connectivity index (χ4n) is 2.40. The summed E-state index contributed by atoms with van der Waals surface area (Å²) in [6.45, 7) is 4.40. The minimum Gasteiger partial charge on any atom is -0.351 e. The molecule has 0 unspecified atom stereocenters. The van der Waals surface area contributed by atoms with E-state index in [1.54, 1.807) is 48.5 Å². The van der Waals surface area contributed by atoms with Gasteiger partial charge in [0.25, 0.3) is 11.8 Å². The van der Waals surface area contributed by atoms with Crippen LogP contribution in [0.5, 0.6) is 0 Å². The lowest BCUT2D eigenvalue weighted by Crippen LogP contribution is -2.34. The van der Waals surface area contributed by atoms with E-state index in [0.717, 1.165) is 0 Å². The molecule has 0 aliphatic carbocycles. The molecule has 8 heteroatoms. The van der Waals surface area contributed by atoms with Crippen molar-refractivity contribution in [3.63, 3.8) is 0 Å². The molecule has 0 saturated carbocycles. The Morgan fingerprint density at radius 2 is 1.61 bits per heavy atom. The van der Waals surface area contributed by atoms with Gasteiger partial charge in [0, 0.05) is 30.4 Å². The molecule has 0 radical (unpaired) electrons. The van der Waals surface area contributed by atoms with Crippen molar-refractivity contribution in [2.45, 2.75) is 19.9 Å². The number of hydrogen-bond acceptors (Lipinski definition) is 4. The predicted molar refractivity (Wildman–Crippen MR) is 110 cm³/mol. The maximum absolute atomic E-state index is 12.5. The van der Waals surface area contributed by atoms with E-state index in [2.05, 4.69) is 21.3 Å². The van der Waals surface area contributed by atoms with Crippen molar-refractivity contribution >= 4 is 29.2 Å². The minimum atomic E-state index is -0.364. The Bertz CT molecular complexity index is 834. The number of carbonyl (C=O) groups excluding carboxylic acids is 3. The van der Waals surface area contributed by atoms with Gasteiger partial charge in [-0.2, -0.15) is 0 Å². The number of urea groups is 1. The van der Waals surface area contributed by atoms with Crippen LogP contribution in [0.4, 0.5) is 16.2 Å². The van der Waals surface area contributed by atoms with Crippen LogP contribution in [0.15, 0.2) is 48.5 Å². The molecule has 0 aliphatic rings. The van der Waals surface area contributed by atoms with Crippen molar-refractivity contribution in [1.29, 1.82) is 0 Å². The zero-order valence-corrected chi connectivity index (χ0v) is 15.9. The zero-order valence-electron chi connectivity index (χ0n) is 15.9. The Kier molecular flexibility index (Phi) is 7.53. The Labute approximate surface area is 163 Å². The number of nitrogens with two attached hydrogens (primary N) is 1. The smallest absolute Gasteiger partial charge is 0.319 e. The first kappa shape index (κ1) is 20.9. The zero-order chi connectivity index (χ0) is 20.5. The Balaban J connectivity index is 2.05. The van der Waals surface area contributed by atoms with Gasteiger partial charge < -0.3 is 27.0 Å². The van der Waals surface area contributed by atoms with E-state index in [-0.39, 0.29) is 23.9 Å². The lowest BCUT2D eigenvalue weighted by Gasteiger charge is -2.12. The number of hydrogen-bond donors (Lipinski definition) is 5. The van der Waals surface area contributed by atoms with Crippen molar-refractivity contribution in [2.24, 2.45) is 5.73 Å². The quantitative estimate of drug-likeness (QED) is 0.502. The van der Waals surface area contributed by atoms with Crippen LogP contribution in [0.2, 0.25) is 0 Å². The first-order valence-electron chi connectivity index (χ1n) is 8.97. The average molecular weight is 383 g/mol. The van der Waals surface area contributed by atoms with Crippen LogP contribution >= 0.6 is 0 Å². The second-order valence-corrected chi connectivity index (χ2v) is 6.37. The third kappa shape index (κ3) is 6.10. The van der Waals surface area contributed by atoms with Crippen molar-refractivity contribution < 1.29 is 14.4 Å². The molecule has 0 aromatic heterocycles. The van der Waals surface area contributed by atoms with Gasteiger partial charge >= 0.3 is 6.03 Å². The average Bonchev–Trinajstić information content (AvgIpc) is 2.66. The molecule has 0 aliphatic heterocycles. The van der Waals surface area contributed by atoms with Gasteiger partial charge in [0.15, 0.2) is 0 Å². The largest absolute Gasteiger partial charge is 0.351 e. The van der Waals surface area contributed by atoms with E-state index in [0.29, 0.717) is 35.6 Å². The topological polar surface area (TPSA) is 125 Å². The first-order valence-corrected chi connectivity index (χ1v) is 8.97. The molecule has 28 heavy (non-hydrogen) atoms. The van der Waals surface area contributed by atoms with Crippen LogP contribution < -0.4 is 27.0 Å². The van der Waals surface area contributed by atoms with E-state index in [4.69, 9.17) is 5.73 Å². The number of para-hydroxylation sites is 1. The molecule has 6 N–H and O–H groups in total. The molecule has 2 aromatic carbocycles. The maximum atomic E-state index is 12.5. The summed E-state index contributed by atoms with van der Waals surface area (Å²) in [6.07, 6.45) is 0. The van der Waals surface area contributed by atoms with Crippen LogP contribution in [-0.4, -0.2) is 37.0 Å². The number of carbonyl (C=O) groups is 3. The summed E-state index contributed by atoms with van der Waals surface area (Å²) in [5.74, 6) is -0.672. The van der Waals surface area contributed by atoms with Gasteiger partial charge in [-0.3, -0.25) is 9.59 Å². The summed E-state index contributed by atoms with van der Waals surface area (Å²) in [4.78, 5) is 36.4. The van der Waals surface area contributed by atoms with Gasteiger partial charge in [0.1, 0.15) is 0 Å². The standard InChI is InChI=1S/C20H25N5O3/c1-13(2)23-20(28)24-15-9-7-14(8-10-15)18(26)25-17-6-4-3-5-16(17)19(27)22-12-11-21/h3-10,13H,11-12,21H2,1-2H3,(H,22,27)(H,25,26)(H2,23,24,28). The van der Waals surface area contributed by atoms with Crippen LogP contribution in [-0.2, 0) is 0 Å². The third-order valence-electron chi connectivity index (χ3n) is 3.67. The number of nitrogens with one attached hydrogen (secondary N) is 4. The highest BCUT2D eigenvalue weighted by Gasteiger charge is 2.14. The molecule has 2 aromatic rings. The highest BCUT2D eigenvalue weighted by Crippen LogP contribution is 2.17. The van der Waals surface area contributed by atoms with Gasteiger partial charge in [-0.25, -0.2) is 4.79 Å². The maximum Gasteiger partial charge on any atom is 0.319 e. The second-order valence-electron chi connectivity index (χ2n) is 6.37. The van der Waals surface area contributed by atoms with Crippen molar-refractivity contribution in [2.75, 3.05) is 23.7 Å². The van der Waals surface area contributed by atoms with Crippen LogP contribution in [0.3, 0.4) is 0 Å². The Morgan fingerprint density at radius 3 is 2.25 bits per heavy atom. The van der Waals surface area contributed by atoms with Crippen LogP contribution in [0.1, 0.15) is 34.6 Å². The molecular weight excluding hydrogens is 358 g/mol. The molecule has 8 nitrogen and oxygen atoms in total. The summed E-state index contributed by atoms with van der Waals surface area (Å²) in [6, 6.07) is 12.9. The molecule has 0 spiro atoms. The van der Waals surface area contributed by atoms with E-state index in [1.807, 2.05) is 13.8 Å². The molecule has 4 amide bonds. The molecule has 148 valence electrons. The molecule has 0 saturated heterocycles. The molecule has 0 fully saturated rings. The van der Waals surface area contributed by atoms with Crippen molar-refractivity contribution in [3.05, 3.63) is 59.7 Å². The number of benzene rings is 2. The van der Waals surface area contributed by atoms with Gasteiger partial charge in [-0.1, -0.05) is 12.1 Å². The fraction of sp³-hybridized carbons (Fsp3) is 0.250. The molecule has 0 heterocycles. The lowest BCUT2D eigenvalue weighted by molar-refractivity contribution is 0.0955. The second kappa shape index (κ2) is 10.1. The van der Waals surface area contributed by atoms with E-state index < -0.39 is 0 Å². The van der Waals surface area contributed by atoms with Crippen LogP contribution in [0, 0.1) is 0 Å². The monoisotopic (exact) mass is 383 g/mol. The number of anilines is 2. The normalized spacial score (nSPS) is 10.3. The van der Waals surface area contributed by atoms with Gasteiger partial charge in [-0.05, 0) is 50.2 Å². The van der Waals surface area contributed by atoms with E-state index in [1.165, 1.54) is 0 Å². The van der Waals surface area contributed by atoms with Gasteiger partial charge in [0.05, 0.1) is 11.3 Å². The molecular formula is C20H25N5O3. The van der Waals surface area contributed by atoms with Crippen LogP contribution in [0.25, 0.3) is 0 Å². The number of amides is 4. The molecule has 0 bridgehead atoms. The van der Waals surface area contributed by atoms with Gasteiger partial charge in [0.2, 0.25) is 0 Å². The lowest BCUT2D eigenvalue weighted by atomic mass is 10.1. The summed E-state index contributed by atoms with van der Waals surface area (Å²) < 4.78 is 0. The van der Waals surface area contributed by atoms with Crippen molar-refractivity contribution in [1.82, 2.24) is 10.6 Å². The fourth-order valence-corrected chi connectivity index (χ4v) is 2.40. The third-order valence-corrected chi connectivity index (χ3v) is 3.67. The highest BCUT2D eigenvalue weighted by molar-refractivity contribution is 6.09. The molecule has 2 rings (SSSR count). The SMILES string of the molecule is CC(C)NC(=O)Nc1ccc(C(=O)Nc2ccccc2C(=O)NCCN)cc1. The van der Waals surface area contributed by atoms with Crippen molar-refractivity contribution in [3.8, 4) is 0 Å². The number of rotatable bonds is 7. The summed E-state index contributed by atoms with van der Waals surface area (Å²) in [5, 5.41) is 10.8. The van der Waals surface area contributed by atoms with E-state index >= 15 is 0 Å². The Morgan fingerprint density at radius 1 is 0.929 bits per heavy atom. The minimum absolute atomic E-state index is 0.0205. The first-order chi connectivity index (χ1) is 13.4. The summed E-state index contributed by atoms with van der Waals surface area (Å²) in [7, 11) is 0. The summed E-state index contributed by atoms with van der Waals surface area (Å²) >= 11 is 0. The highest BCUT2D eigenvalue weighted by atomic mass is 16.2. The summed E-state index contributed by atoms with van der Waals surface area (Å²) in [5.41, 5.74) is 7.12. The van der Waals surface area contributed by atoms with E-state index in [9.17, 15) is 14.4 Å². The van der Waals surface area contributed by atoms with Gasteiger partial charge in [-0.15, -0.1) is 0 Å².